The lowest BCUT2D eigenvalue weighted by atomic mass is 9.83. The fourth-order valence-electron chi connectivity index (χ4n) is 2.70. The molecule has 18 heavy (non-hydrogen) atoms. The van der Waals surface area contributed by atoms with Crippen LogP contribution in [0.3, 0.4) is 0 Å². The maximum atomic E-state index is 6.13. The molecule has 0 saturated carbocycles. The Bertz CT molecular complexity index is 420. The van der Waals surface area contributed by atoms with E-state index in [0.717, 1.165) is 18.7 Å². The van der Waals surface area contributed by atoms with Crippen LogP contribution in [0.1, 0.15) is 58.2 Å². The molecule has 2 atom stereocenters. The van der Waals surface area contributed by atoms with Crippen molar-refractivity contribution in [2.75, 3.05) is 6.54 Å². The average Bonchev–Trinajstić information content (AvgIpc) is 2.27. The standard InChI is InChI=1S/C16H25NO/c1-6-17-14-10-11(2)18-15-12(14)8-7-9-13(15)16(3,4)5/h7-9,11,14,17H,6,10H2,1-5H3. The summed E-state index contributed by atoms with van der Waals surface area (Å²) < 4.78 is 6.13. The topological polar surface area (TPSA) is 21.3 Å². The smallest absolute Gasteiger partial charge is 0.128 e. The first-order valence-electron chi connectivity index (χ1n) is 6.97. The number of hydrogen-bond acceptors (Lipinski definition) is 2. The number of fused-ring (bicyclic) bond motifs is 1. The molecule has 0 aliphatic carbocycles. The highest BCUT2D eigenvalue weighted by atomic mass is 16.5. The van der Waals surface area contributed by atoms with Crippen molar-refractivity contribution in [1.82, 2.24) is 5.32 Å². The minimum Gasteiger partial charge on any atom is -0.490 e. The molecule has 2 rings (SSSR count). The predicted molar refractivity (Wildman–Crippen MR) is 76.3 cm³/mol. The molecule has 1 aliphatic heterocycles. The molecule has 2 unspecified atom stereocenters. The van der Waals surface area contributed by atoms with E-state index in [1.54, 1.807) is 0 Å². The predicted octanol–water partition coefficient (Wildman–Crippen LogP) is 3.81. The van der Waals surface area contributed by atoms with Crippen LogP contribution in [0.25, 0.3) is 0 Å². The van der Waals surface area contributed by atoms with Crippen molar-refractivity contribution < 1.29 is 4.74 Å². The van der Waals surface area contributed by atoms with Gasteiger partial charge in [0.25, 0.3) is 0 Å². The van der Waals surface area contributed by atoms with Crippen LogP contribution in [-0.2, 0) is 5.41 Å². The summed E-state index contributed by atoms with van der Waals surface area (Å²) >= 11 is 0. The van der Waals surface area contributed by atoms with Crippen molar-refractivity contribution in [3.8, 4) is 5.75 Å². The zero-order chi connectivity index (χ0) is 13.3. The summed E-state index contributed by atoms with van der Waals surface area (Å²) in [4.78, 5) is 0. The molecule has 2 heteroatoms. The van der Waals surface area contributed by atoms with Gasteiger partial charge < -0.3 is 10.1 Å². The van der Waals surface area contributed by atoms with Crippen molar-refractivity contribution >= 4 is 0 Å². The van der Waals surface area contributed by atoms with Crippen LogP contribution in [-0.4, -0.2) is 12.6 Å². The Morgan fingerprint density at radius 2 is 2.06 bits per heavy atom. The van der Waals surface area contributed by atoms with E-state index >= 15 is 0 Å². The Morgan fingerprint density at radius 3 is 2.67 bits per heavy atom. The summed E-state index contributed by atoms with van der Waals surface area (Å²) in [5, 5.41) is 3.57. The van der Waals surface area contributed by atoms with Crippen molar-refractivity contribution in [2.45, 2.75) is 58.6 Å². The Hall–Kier alpha value is -1.02. The van der Waals surface area contributed by atoms with Gasteiger partial charge in [0.15, 0.2) is 0 Å². The second kappa shape index (κ2) is 4.93. The van der Waals surface area contributed by atoms with E-state index in [1.807, 2.05) is 0 Å². The Morgan fingerprint density at radius 1 is 1.33 bits per heavy atom. The molecule has 0 aromatic heterocycles. The van der Waals surface area contributed by atoms with Crippen LogP contribution < -0.4 is 10.1 Å². The SMILES string of the molecule is CCNC1CC(C)Oc2c1cccc2C(C)(C)C. The van der Waals surface area contributed by atoms with Gasteiger partial charge in [-0.15, -0.1) is 0 Å². The van der Waals surface area contributed by atoms with Gasteiger partial charge in [-0.1, -0.05) is 45.9 Å². The second-order valence-electron chi connectivity index (χ2n) is 6.25. The zero-order valence-electron chi connectivity index (χ0n) is 12.2. The maximum absolute atomic E-state index is 6.13. The van der Waals surface area contributed by atoms with Crippen molar-refractivity contribution in [3.05, 3.63) is 29.3 Å². The fraction of sp³-hybridized carbons (Fsp3) is 0.625. The first-order valence-corrected chi connectivity index (χ1v) is 6.97. The normalized spacial score (nSPS) is 23.4. The molecule has 0 radical (unpaired) electrons. The monoisotopic (exact) mass is 247 g/mol. The van der Waals surface area contributed by atoms with Crippen molar-refractivity contribution in [3.63, 3.8) is 0 Å². The highest BCUT2D eigenvalue weighted by molar-refractivity contribution is 5.48. The fourth-order valence-corrected chi connectivity index (χ4v) is 2.70. The van der Waals surface area contributed by atoms with Crippen LogP contribution >= 0.6 is 0 Å². The van der Waals surface area contributed by atoms with Gasteiger partial charge in [0, 0.05) is 18.0 Å². The molecular weight excluding hydrogens is 222 g/mol. The van der Waals surface area contributed by atoms with E-state index in [-0.39, 0.29) is 11.5 Å². The van der Waals surface area contributed by atoms with Crippen LogP contribution in [0, 0.1) is 0 Å². The van der Waals surface area contributed by atoms with Gasteiger partial charge in [0.2, 0.25) is 0 Å². The number of hydrogen-bond donors (Lipinski definition) is 1. The summed E-state index contributed by atoms with van der Waals surface area (Å²) in [5.74, 6) is 1.11. The Labute approximate surface area is 111 Å². The summed E-state index contributed by atoms with van der Waals surface area (Å²) in [6, 6.07) is 6.98. The van der Waals surface area contributed by atoms with Gasteiger partial charge in [-0.05, 0) is 24.4 Å². The van der Waals surface area contributed by atoms with Gasteiger partial charge in [-0.2, -0.15) is 0 Å². The molecule has 1 N–H and O–H groups in total. The molecule has 0 fully saturated rings. The highest BCUT2D eigenvalue weighted by Crippen LogP contribution is 2.41. The van der Waals surface area contributed by atoms with Crippen LogP contribution in [0.4, 0.5) is 0 Å². The van der Waals surface area contributed by atoms with E-state index in [0.29, 0.717) is 6.04 Å². The Balaban J connectivity index is 2.48. The highest BCUT2D eigenvalue weighted by Gasteiger charge is 2.30. The van der Waals surface area contributed by atoms with Gasteiger partial charge in [-0.25, -0.2) is 0 Å². The first kappa shape index (κ1) is 13.4. The van der Waals surface area contributed by atoms with Gasteiger partial charge in [0.05, 0.1) is 6.10 Å². The number of para-hydroxylation sites is 1. The molecule has 2 nitrogen and oxygen atoms in total. The minimum absolute atomic E-state index is 0.124. The average molecular weight is 247 g/mol. The number of benzene rings is 1. The number of rotatable bonds is 2. The quantitative estimate of drug-likeness (QED) is 0.858. The van der Waals surface area contributed by atoms with Crippen LogP contribution in [0.15, 0.2) is 18.2 Å². The molecule has 1 aromatic carbocycles. The van der Waals surface area contributed by atoms with E-state index in [9.17, 15) is 0 Å². The summed E-state index contributed by atoms with van der Waals surface area (Å²) in [6.07, 6.45) is 1.33. The molecule has 1 heterocycles. The van der Waals surface area contributed by atoms with E-state index < -0.39 is 0 Å². The molecule has 0 saturated heterocycles. The number of ether oxygens (including phenoxy) is 1. The van der Waals surface area contributed by atoms with E-state index in [1.165, 1.54) is 11.1 Å². The lowest BCUT2D eigenvalue weighted by Crippen LogP contribution is -2.32. The summed E-state index contributed by atoms with van der Waals surface area (Å²) in [6.45, 7) is 12.0. The molecule has 0 bridgehead atoms. The minimum atomic E-state index is 0.124. The first-order chi connectivity index (χ1) is 8.43. The molecule has 1 aliphatic rings. The van der Waals surface area contributed by atoms with Gasteiger partial charge >= 0.3 is 0 Å². The summed E-state index contributed by atoms with van der Waals surface area (Å²) in [7, 11) is 0. The molecule has 0 amide bonds. The van der Waals surface area contributed by atoms with E-state index in [4.69, 9.17) is 4.74 Å². The maximum Gasteiger partial charge on any atom is 0.128 e. The lowest BCUT2D eigenvalue weighted by Gasteiger charge is -2.35. The summed E-state index contributed by atoms with van der Waals surface area (Å²) in [5.41, 5.74) is 2.76. The third kappa shape index (κ3) is 2.54. The largest absolute Gasteiger partial charge is 0.490 e. The van der Waals surface area contributed by atoms with Gasteiger partial charge in [-0.3, -0.25) is 0 Å². The van der Waals surface area contributed by atoms with Crippen LogP contribution in [0.5, 0.6) is 5.75 Å². The molecule has 1 aromatic rings. The lowest BCUT2D eigenvalue weighted by molar-refractivity contribution is 0.163. The van der Waals surface area contributed by atoms with Crippen LogP contribution in [0.2, 0.25) is 0 Å². The second-order valence-corrected chi connectivity index (χ2v) is 6.25. The third-order valence-electron chi connectivity index (χ3n) is 3.57. The van der Waals surface area contributed by atoms with Crippen molar-refractivity contribution in [2.24, 2.45) is 0 Å². The van der Waals surface area contributed by atoms with Crippen molar-refractivity contribution in [1.29, 1.82) is 0 Å². The molecular formula is C16H25NO. The number of nitrogens with one attached hydrogen (secondary N) is 1. The zero-order valence-corrected chi connectivity index (χ0v) is 12.2. The molecule has 0 spiro atoms. The Kier molecular flexibility index (Phi) is 3.67. The third-order valence-corrected chi connectivity index (χ3v) is 3.57. The molecule has 100 valence electrons. The van der Waals surface area contributed by atoms with E-state index in [2.05, 4.69) is 58.1 Å². The van der Waals surface area contributed by atoms with Gasteiger partial charge in [0.1, 0.15) is 5.75 Å².